The fraction of sp³-hybridized carbons (Fsp3) is 0.143. The van der Waals surface area contributed by atoms with Gasteiger partial charge in [0.15, 0.2) is 6.20 Å². The van der Waals surface area contributed by atoms with Gasteiger partial charge >= 0.3 is 0 Å². The van der Waals surface area contributed by atoms with Crippen molar-refractivity contribution in [3.63, 3.8) is 0 Å². The van der Waals surface area contributed by atoms with E-state index in [0.717, 1.165) is 21.9 Å². The normalized spacial score (nSPS) is 10.8. The summed E-state index contributed by atoms with van der Waals surface area (Å²) in [6.07, 6.45) is 1.97. The molecule has 0 fully saturated rings. The predicted octanol–water partition coefficient (Wildman–Crippen LogP) is 6.65. The lowest BCUT2D eigenvalue weighted by molar-refractivity contribution is -0.657. The summed E-state index contributed by atoms with van der Waals surface area (Å²) >= 11 is 0. The molecule has 2 heteroatoms. The number of fused-ring (bicyclic) bond motifs is 4. The van der Waals surface area contributed by atoms with Crippen LogP contribution in [0, 0.1) is 6.92 Å². The van der Waals surface area contributed by atoms with E-state index in [4.69, 9.17) is 0 Å². The molecule has 30 heavy (non-hydrogen) atoms. The molecule has 1 aromatic heterocycles. The summed E-state index contributed by atoms with van der Waals surface area (Å²) in [5.74, 6) is 0.118. The number of nitrogens with zero attached hydrogens (tertiary/aromatic N) is 1. The molecule has 0 amide bonds. The number of aryl methyl sites for hydroxylation is 1. The molecule has 0 N–H and O–H groups in total. The third-order valence-electron chi connectivity index (χ3n) is 5.49. The van der Waals surface area contributed by atoms with E-state index in [-0.39, 0.29) is 5.78 Å². The van der Waals surface area contributed by atoms with Gasteiger partial charge in [-0.25, -0.2) is 0 Å². The Labute approximate surface area is 177 Å². The van der Waals surface area contributed by atoms with Crippen LogP contribution in [-0.2, 0) is 6.54 Å². The molecule has 0 atom stereocenters. The summed E-state index contributed by atoms with van der Waals surface area (Å²) < 4.78 is 2.02. The van der Waals surface area contributed by atoms with Crippen LogP contribution in [0.1, 0.15) is 29.8 Å². The van der Waals surface area contributed by atoms with Gasteiger partial charge in [-0.05, 0) is 52.2 Å². The van der Waals surface area contributed by atoms with Crippen LogP contribution in [0.3, 0.4) is 0 Å². The molecule has 5 rings (SSSR count). The minimum absolute atomic E-state index is 0.118. The number of carbonyl (C=O) groups excluding carboxylic acids is 1. The number of rotatable bonds is 3. The quantitative estimate of drug-likeness (QED) is 0.191. The van der Waals surface area contributed by atoms with Crippen LogP contribution in [0.25, 0.3) is 32.4 Å². The molecule has 4 aromatic carbocycles. The Balaban J connectivity index is 0.00000106. The van der Waals surface area contributed by atoms with Crippen molar-refractivity contribution in [1.29, 1.82) is 0 Å². The Hall–Kier alpha value is -3.52. The van der Waals surface area contributed by atoms with Crippen LogP contribution < -0.4 is 4.57 Å². The molecule has 0 aliphatic carbocycles. The zero-order valence-electron chi connectivity index (χ0n) is 17.7. The maximum Gasteiger partial charge on any atom is 0.227 e. The standard InChI is InChI=1S/C26H20NO.C2H6/c1-18-15-20-12-13-21(16-24(20)23-10-4-3-9-22(18)23)26(28)17-27-14-6-8-19-7-2-5-11-25(19)27;1-2/h2-16H,17H2,1H3;1-2H3/q+1;. The highest BCUT2D eigenvalue weighted by Gasteiger charge is 2.16. The topological polar surface area (TPSA) is 20.9 Å². The number of Topliss-reactive ketones (excluding diaryl/α,β-unsaturated/α-hetero) is 1. The predicted molar refractivity (Wildman–Crippen MR) is 126 cm³/mol. The summed E-state index contributed by atoms with van der Waals surface area (Å²) in [7, 11) is 0. The molecule has 0 unspecified atom stereocenters. The molecule has 148 valence electrons. The highest BCUT2D eigenvalue weighted by molar-refractivity contribution is 6.11. The van der Waals surface area contributed by atoms with E-state index in [1.165, 1.54) is 21.7 Å². The van der Waals surface area contributed by atoms with Crippen molar-refractivity contribution in [2.45, 2.75) is 27.3 Å². The van der Waals surface area contributed by atoms with E-state index < -0.39 is 0 Å². The van der Waals surface area contributed by atoms with Gasteiger partial charge in [0.25, 0.3) is 0 Å². The first-order valence-electron chi connectivity index (χ1n) is 10.5. The second-order valence-electron chi connectivity index (χ2n) is 7.29. The Morgan fingerprint density at radius 3 is 2.27 bits per heavy atom. The number of hydrogen-bond donors (Lipinski definition) is 0. The molecular formula is C28H26NO+. The maximum atomic E-state index is 13.1. The van der Waals surface area contributed by atoms with Gasteiger partial charge in [0.05, 0.1) is 0 Å². The van der Waals surface area contributed by atoms with Gasteiger partial charge in [0.1, 0.15) is 0 Å². The van der Waals surface area contributed by atoms with E-state index in [1.54, 1.807) is 0 Å². The van der Waals surface area contributed by atoms with Gasteiger partial charge in [-0.1, -0.05) is 68.4 Å². The van der Waals surface area contributed by atoms with E-state index >= 15 is 0 Å². The average molecular weight is 393 g/mol. The molecule has 0 saturated carbocycles. The molecule has 2 nitrogen and oxygen atoms in total. The second-order valence-corrected chi connectivity index (χ2v) is 7.29. The Morgan fingerprint density at radius 1 is 0.733 bits per heavy atom. The van der Waals surface area contributed by atoms with Gasteiger partial charge < -0.3 is 0 Å². The molecule has 0 spiro atoms. The van der Waals surface area contributed by atoms with E-state index in [0.29, 0.717) is 6.54 Å². The minimum Gasteiger partial charge on any atom is -0.287 e. The van der Waals surface area contributed by atoms with Crippen LogP contribution in [0.4, 0.5) is 0 Å². The summed E-state index contributed by atoms with van der Waals surface area (Å²) in [5.41, 5.74) is 3.08. The Kier molecular flexibility index (Phi) is 5.58. The summed E-state index contributed by atoms with van der Waals surface area (Å²) in [4.78, 5) is 13.1. The molecule has 0 saturated heterocycles. The van der Waals surface area contributed by atoms with Crippen LogP contribution in [0.15, 0.2) is 91.1 Å². The Morgan fingerprint density at radius 2 is 1.43 bits per heavy atom. The van der Waals surface area contributed by atoms with E-state index in [9.17, 15) is 4.79 Å². The van der Waals surface area contributed by atoms with Crippen molar-refractivity contribution in [3.05, 3.63) is 102 Å². The highest BCUT2D eigenvalue weighted by atomic mass is 16.1. The average Bonchev–Trinajstić information content (AvgIpc) is 2.81. The largest absolute Gasteiger partial charge is 0.287 e. The van der Waals surface area contributed by atoms with Crippen LogP contribution in [-0.4, -0.2) is 5.78 Å². The molecule has 0 aliphatic rings. The van der Waals surface area contributed by atoms with Crippen LogP contribution in [0.5, 0.6) is 0 Å². The van der Waals surface area contributed by atoms with Crippen molar-refractivity contribution >= 4 is 38.2 Å². The van der Waals surface area contributed by atoms with Gasteiger partial charge in [0.2, 0.25) is 17.8 Å². The third-order valence-corrected chi connectivity index (χ3v) is 5.49. The zero-order valence-corrected chi connectivity index (χ0v) is 17.7. The molecular weight excluding hydrogens is 366 g/mol. The fourth-order valence-electron chi connectivity index (χ4n) is 4.07. The smallest absolute Gasteiger partial charge is 0.227 e. The SMILES string of the molecule is CC.Cc1cc2ccc(C(=O)C[n+]3cccc4ccccc43)cc2c2ccccc12. The molecule has 5 aromatic rings. The lowest BCUT2D eigenvalue weighted by Gasteiger charge is -2.09. The lowest BCUT2D eigenvalue weighted by atomic mass is 9.95. The van der Waals surface area contributed by atoms with E-state index in [1.807, 2.05) is 54.9 Å². The number of pyridine rings is 1. The summed E-state index contributed by atoms with van der Waals surface area (Å²) in [5, 5.41) is 5.88. The molecule has 0 bridgehead atoms. The summed E-state index contributed by atoms with van der Waals surface area (Å²) in [6.45, 7) is 6.47. The first-order valence-corrected chi connectivity index (χ1v) is 10.5. The Bertz CT molecular complexity index is 1360. The number of para-hydroxylation sites is 1. The number of aromatic nitrogens is 1. The van der Waals surface area contributed by atoms with E-state index in [2.05, 4.69) is 61.5 Å². The van der Waals surface area contributed by atoms with Crippen LogP contribution in [0.2, 0.25) is 0 Å². The zero-order chi connectivity index (χ0) is 21.1. The van der Waals surface area contributed by atoms with Crippen molar-refractivity contribution < 1.29 is 9.36 Å². The fourth-order valence-corrected chi connectivity index (χ4v) is 4.07. The maximum absolute atomic E-state index is 13.1. The lowest BCUT2D eigenvalue weighted by Crippen LogP contribution is -2.38. The first-order chi connectivity index (χ1) is 14.7. The van der Waals surface area contributed by atoms with Crippen molar-refractivity contribution in [2.75, 3.05) is 0 Å². The van der Waals surface area contributed by atoms with Gasteiger partial charge in [0, 0.05) is 23.1 Å². The highest BCUT2D eigenvalue weighted by Crippen LogP contribution is 2.29. The third kappa shape index (κ3) is 3.57. The van der Waals surface area contributed by atoms with Crippen molar-refractivity contribution in [1.82, 2.24) is 0 Å². The number of benzene rings is 4. The van der Waals surface area contributed by atoms with Crippen molar-refractivity contribution in [3.8, 4) is 0 Å². The molecule has 0 aliphatic heterocycles. The number of ketones is 1. The van der Waals surface area contributed by atoms with Gasteiger partial charge in [-0.3, -0.25) is 4.79 Å². The molecule has 1 heterocycles. The van der Waals surface area contributed by atoms with Crippen LogP contribution >= 0.6 is 0 Å². The second kappa shape index (κ2) is 8.46. The van der Waals surface area contributed by atoms with Gasteiger partial charge in [-0.15, -0.1) is 0 Å². The summed E-state index contributed by atoms with van der Waals surface area (Å²) in [6, 6.07) is 28.9. The monoisotopic (exact) mass is 392 g/mol. The first kappa shape index (κ1) is 19.8. The van der Waals surface area contributed by atoms with Crippen molar-refractivity contribution in [2.24, 2.45) is 0 Å². The number of hydrogen-bond acceptors (Lipinski definition) is 1. The minimum atomic E-state index is 0.118. The van der Waals surface area contributed by atoms with Gasteiger partial charge in [-0.2, -0.15) is 4.57 Å². The number of carbonyl (C=O) groups is 1. The molecule has 0 radical (unpaired) electrons.